The summed E-state index contributed by atoms with van der Waals surface area (Å²) in [5, 5.41) is 3.22. The van der Waals surface area contributed by atoms with Crippen LogP contribution in [0.25, 0.3) is 0 Å². The molecule has 6 nitrogen and oxygen atoms in total. The van der Waals surface area contributed by atoms with Gasteiger partial charge in [-0.15, -0.1) is 12.4 Å². The summed E-state index contributed by atoms with van der Waals surface area (Å²) in [5.74, 6) is -1.15. The monoisotopic (exact) mass is 391 g/mol. The van der Waals surface area contributed by atoms with Crippen molar-refractivity contribution in [2.24, 2.45) is 0 Å². The third-order valence-electron chi connectivity index (χ3n) is 4.26. The first-order valence-corrected chi connectivity index (χ1v) is 8.30. The van der Waals surface area contributed by atoms with E-state index < -0.39 is 17.8 Å². The molecule has 9 heteroatoms. The average molecular weight is 392 g/mol. The van der Waals surface area contributed by atoms with Gasteiger partial charge in [0.15, 0.2) is 0 Å². The van der Waals surface area contributed by atoms with Gasteiger partial charge < -0.3 is 19.9 Å². The molecule has 0 radical (unpaired) electrons. The third kappa shape index (κ3) is 4.41. The number of nitrogens with one attached hydrogen (secondary N) is 1. The second-order valence-electron chi connectivity index (χ2n) is 5.78. The maximum Gasteiger partial charge on any atom is 0.258 e. The van der Waals surface area contributed by atoms with Crippen molar-refractivity contribution >= 4 is 35.8 Å². The van der Waals surface area contributed by atoms with Gasteiger partial charge >= 0.3 is 0 Å². The molecule has 2 amide bonds. The highest BCUT2D eigenvalue weighted by atomic mass is 35.5. The van der Waals surface area contributed by atoms with Crippen molar-refractivity contribution < 1.29 is 18.7 Å². The van der Waals surface area contributed by atoms with Crippen molar-refractivity contribution in [3.8, 4) is 0 Å². The molecule has 1 N–H and O–H groups in total. The zero-order valence-electron chi connectivity index (χ0n) is 13.5. The summed E-state index contributed by atoms with van der Waals surface area (Å²) < 4.78 is 19.4. The predicted octanol–water partition coefficient (Wildman–Crippen LogP) is 1.17. The van der Waals surface area contributed by atoms with Gasteiger partial charge in [-0.25, -0.2) is 4.39 Å². The van der Waals surface area contributed by atoms with E-state index in [0.717, 1.165) is 6.54 Å². The number of carbonyl (C=O) groups is 2. The Balaban J connectivity index is 0.00000225. The van der Waals surface area contributed by atoms with E-state index in [4.69, 9.17) is 16.3 Å². The van der Waals surface area contributed by atoms with Gasteiger partial charge in [0.05, 0.1) is 17.2 Å². The van der Waals surface area contributed by atoms with Gasteiger partial charge in [-0.1, -0.05) is 17.7 Å². The summed E-state index contributed by atoms with van der Waals surface area (Å²) in [6.07, 6.45) is -0.470. The van der Waals surface area contributed by atoms with Gasteiger partial charge in [0.2, 0.25) is 0 Å². The predicted molar refractivity (Wildman–Crippen MR) is 93.8 cm³/mol. The highest BCUT2D eigenvalue weighted by Gasteiger charge is 2.31. The zero-order valence-corrected chi connectivity index (χ0v) is 15.1. The van der Waals surface area contributed by atoms with Gasteiger partial charge in [-0.05, 0) is 12.1 Å². The Morgan fingerprint density at radius 2 is 1.88 bits per heavy atom. The molecule has 3 rings (SSSR count). The summed E-state index contributed by atoms with van der Waals surface area (Å²) in [4.78, 5) is 28.1. The first-order valence-electron chi connectivity index (χ1n) is 7.92. The van der Waals surface area contributed by atoms with Crippen LogP contribution in [-0.2, 0) is 9.53 Å². The van der Waals surface area contributed by atoms with Crippen molar-refractivity contribution in [1.29, 1.82) is 0 Å². The van der Waals surface area contributed by atoms with Gasteiger partial charge in [-0.2, -0.15) is 0 Å². The Kier molecular flexibility index (Phi) is 7.01. The van der Waals surface area contributed by atoms with Crippen LogP contribution in [-0.4, -0.2) is 73.6 Å². The molecule has 2 saturated heterocycles. The topological polar surface area (TPSA) is 61.9 Å². The standard InChI is InChI=1S/C16H19ClFN3O3.ClH/c17-11-2-1-3-12(18)14(11)16(23)21-7-5-20(6-8-21)15(22)13-10-19-4-9-24-13;/h1-3,13,19H,4-10H2;1H. The number of halogens is 3. The molecule has 25 heavy (non-hydrogen) atoms. The number of rotatable bonds is 2. The van der Waals surface area contributed by atoms with Crippen molar-refractivity contribution in [2.45, 2.75) is 6.10 Å². The second kappa shape index (κ2) is 8.80. The van der Waals surface area contributed by atoms with Gasteiger partial charge in [0.1, 0.15) is 11.9 Å². The molecule has 0 aliphatic carbocycles. The lowest BCUT2D eigenvalue weighted by Crippen LogP contribution is -2.56. The Morgan fingerprint density at radius 3 is 2.48 bits per heavy atom. The quantitative estimate of drug-likeness (QED) is 0.821. The van der Waals surface area contributed by atoms with E-state index in [1.807, 2.05) is 0 Å². The molecule has 138 valence electrons. The van der Waals surface area contributed by atoms with E-state index >= 15 is 0 Å². The van der Waals surface area contributed by atoms with E-state index in [0.29, 0.717) is 39.3 Å². The summed E-state index contributed by atoms with van der Waals surface area (Å²) in [7, 11) is 0. The Morgan fingerprint density at radius 1 is 1.20 bits per heavy atom. The van der Waals surface area contributed by atoms with Crippen LogP contribution in [0.2, 0.25) is 5.02 Å². The highest BCUT2D eigenvalue weighted by molar-refractivity contribution is 6.33. The minimum absolute atomic E-state index is 0. The van der Waals surface area contributed by atoms with Crippen molar-refractivity contribution in [1.82, 2.24) is 15.1 Å². The summed E-state index contributed by atoms with van der Waals surface area (Å²) in [5.41, 5.74) is -0.112. The molecule has 2 aliphatic rings. The highest BCUT2D eigenvalue weighted by Crippen LogP contribution is 2.21. The summed E-state index contributed by atoms with van der Waals surface area (Å²) in [6.45, 7) is 3.25. The lowest BCUT2D eigenvalue weighted by molar-refractivity contribution is -0.146. The lowest BCUT2D eigenvalue weighted by atomic mass is 10.1. The number of piperazine rings is 1. The molecule has 1 aromatic carbocycles. The van der Waals surface area contributed by atoms with Crippen LogP contribution < -0.4 is 5.32 Å². The maximum absolute atomic E-state index is 13.9. The fourth-order valence-corrected chi connectivity index (χ4v) is 3.16. The molecule has 2 heterocycles. The second-order valence-corrected chi connectivity index (χ2v) is 6.18. The fourth-order valence-electron chi connectivity index (χ4n) is 2.92. The van der Waals surface area contributed by atoms with Crippen LogP contribution in [0.4, 0.5) is 4.39 Å². The van der Waals surface area contributed by atoms with Crippen LogP contribution >= 0.6 is 24.0 Å². The molecular formula is C16H20Cl2FN3O3. The minimum Gasteiger partial charge on any atom is -0.366 e. The van der Waals surface area contributed by atoms with E-state index in [-0.39, 0.29) is 28.9 Å². The van der Waals surface area contributed by atoms with Crippen LogP contribution in [0.1, 0.15) is 10.4 Å². The van der Waals surface area contributed by atoms with E-state index in [2.05, 4.69) is 5.32 Å². The molecule has 2 aliphatic heterocycles. The maximum atomic E-state index is 13.9. The molecule has 1 atom stereocenters. The van der Waals surface area contributed by atoms with Crippen molar-refractivity contribution in [3.05, 3.63) is 34.6 Å². The number of hydrogen-bond donors (Lipinski definition) is 1. The number of morpholine rings is 1. The Hall–Kier alpha value is -1.41. The SMILES string of the molecule is Cl.O=C(c1c(F)cccc1Cl)N1CCN(C(=O)C2CNCCO2)CC1. The molecule has 1 unspecified atom stereocenters. The molecule has 0 spiro atoms. The summed E-state index contributed by atoms with van der Waals surface area (Å²) in [6, 6.07) is 4.17. The largest absolute Gasteiger partial charge is 0.366 e. The number of ether oxygens (including phenoxy) is 1. The molecule has 1 aromatic rings. The molecular weight excluding hydrogens is 372 g/mol. The van der Waals surface area contributed by atoms with Gasteiger partial charge in [-0.3, -0.25) is 9.59 Å². The number of benzene rings is 1. The molecule has 2 fully saturated rings. The van der Waals surface area contributed by atoms with Gasteiger partial charge in [0, 0.05) is 39.3 Å². The first kappa shape index (κ1) is 19.9. The fraction of sp³-hybridized carbons (Fsp3) is 0.500. The number of carbonyl (C=O) groups excluding carboxylic acids is 2. The van der Waals surface area contributed by atoms with E-state index in [9.17, 15) is 14.0 Å². The Labute approximate surface area is 156 Å². The van der Waals surface area contributed by atoms with E-state index in [1.54, 1.807) is 4.90 Å². The number of amides is 2. The third-order valence-corrected chi connectivity index (χ3v) is 4.57. The zero-order chi connectivity index (χ0) is 17.1. The lowest BCUT2D eigenvalue weighted by Gasteiger charge is -2.37. The molecule has 0 saturated carbocycles. The van der Waals surface area contributed by atoms with Crippen LogP contribution in [0.3, 0.4) is 0 Å². The normalized spacial score (nSPS) is 20.8. The molecule has 0 bridgehead atoms. The average Bonchev–Trinajstić information content (AvgIpc) is 2.62. The Bertz CT molecular complexity index is 613. The van der Waals surface area contributed by atoms with Crippen LogP contribution in [0.5, 0.6) is 0 Å². The summed E-state index contributed by atoms with van der Waals surface area (Å²) >= 11 is 5.95. The van der Waals surface area contributed by atoms with E-state index in [1.165, 1.54) is 23.1 Å². The first-order chi connectivity index (χ1) is 11.6. The smallest absolute Gasteiger partial charge is 0.258 e. The van der Waals surface area contributed by atoms with Gasteiger partial charge in [0.25, 0.3) is 11.8 Å². The van der Waals surface area contributed by atoms with Crippen molar-refractivity contribution in [2.75, 3.05) is 45.9 Å². The minimum atomic E-state index is -0.632. The number of nitrogens with zero attached hydrogens (tertiary/aromatic N) is 2. The molecule has 0 aromatic heterocycles. The van der Waals surface area contributed by atoms with Crippen molar-refractivity contribution in [3.63, 3.8) is 0 Å². The van der Waals surface area contributed by atoms with Crippen LogP contribution in [0, 0.1) is 5.82 Å². The number of hydrogen-bond acceptors (Lipinski definition) is 4. The van der Waals surface area contributed by atoms with Crippen LogP contribution in [0.15, 0.2) is 18.2 Å².